The van der Waals surface area contributed by atoms with E-state index in [9.17, 15) is 4.79 Å². The Labute approximate surface area is 142 Å². The summed E-state index contributed by atoms with van der Waals surface area (Å²) in [5, 5.41) is 11.2. The number of carbonyl (C=O) groups excluding carboxylic acids is 1. The van der Waals surface area contributed by atoms with Crippen LogP contribution < -0.4 is 5.32 Å². The van der Waals surface area contributed by atoms with Crippen molar-refractivity contribution in [1.82, 2.24) is 9.78 Å². The SMILES string of the molecule is CCn1cc(NC(=O)C2CC(c3cccc(Br)c3)=NO2)c(C)n1. The summed E-state index contributed by atoms with van der Waals surface area (Å²) < 4.78 is 2.75. The van der Waals surface area contributed by atoms with Gasteiger partial charge in [-0.3, -0.25) is 9.48 Å². The molecule has 1 aromatic carbocycles. The highest BCUT2D eigenvalue weighted by atomic mass is 79.9. The van der Waals surface area contributed by atoms with Crippen molar-refractivity contribution in [1.29, 1.82) is 0 Å². The van der Waals surface area contributed by atoms with E-state index in [1.54, 1.807) is 4.68 Å². The second kappa shape index (κ2) is 6.54. The number of rotatable bonds is 4. The Morgan fingerprint density at radius 2 is 2.35 bits per heavy atom. The van der Waals surface area contributed by atoms with Gasteiger partial charge in [-0.1, -0.05) is 33.2 Å². The number of halogens is 1. The molecule has 1 aliphatic heterocycles. The van der Waals surface area contributed by atoms with E-state index in [-0.39, 0.29) is 5.91 Å². The number of aryl methyl sites for hydroxylation is 2. The number of nitrogens with one attached hydrogen (secondary N) is 1. The fourth-order valence-electron chi connectivity index (χ4n) is 2.37. The minimum atomic E-state index is -0.617. The highest BCUT2D eigenvalue weighted by molar-refractivity contribution is 9.10. The van der Waals surface area contributed by atoms with Crippen molar-refractivity contribution in [2.75, 3.05) is 5.32 Å². The molecule has 0 saturated carbocycles. The number of anilines is 1. The van der Waals surface area contributed by atoms with Crippen LogP contribution in [0.3, 0.4) is 0 Å². The van der Waals surface area contributed by atoms with Gasteiger partial charge in [0, 0.05) is 29.2 Å². The minimum absolute atomic E-state index is 0.211. The number of hydrogen-bond acceptors (Lipinski definition) is 4. The largest absolute Gasteiger partial charge is 0.382 e. The highest BCUT2D eigenvalue weighted by Gasteiger charge is 2.29. The molecule has 2 aromatic rings. The van der Waals surface area contributed by atoms with Gasteiger partial charge in [-0.05, 0) is 26.0 Å². The highest BCUT2D eigenvalue weighted by Crippen LogP contribution is 2.21. The third-order valence-corrected chi connectivity index (χ3v) is 4.14. The van der Waals surface area contributed by atoms with Gasteiger partial charge in [-0.15, -0.1) is 0 Å². The predicted octanol–water partition coefficient (Wildman–Crippen LogP) is 3.11. The van der Waals surface area contributed by atoms with Crippen LogP contribution in [0.25, 0.3) is 0 Å². The van der Waals surface area contributed by atoms with Crippen LogP contribution in [0, 0.1) is 6.92 Å². The Bertz CT molecular complexity index is 769. The molecular formula is C16H17BrN4O2. The Morgan fingerprint density at radius 1 is 1.52 bits per heavy atom. The molecule has 23 heavy (non-hydrogen) atoms. The van der Waals surface area contributed by atoms with E-state index in [0.29, 0.717) is 12.1 Å². The fourth-order valence-corrected chi connectivity index (χ4v) is 2.77. The van der Waals surface area contributed by atoms with Crippen molar-refractivity contribution in [3.63, 3.8) is 0 Å². The zero-order chi connectivity index (χ0) is 16.4. The number of hydrogen-bond donors (Lipinski definition) is 1. The maximum Gasteiger partial charge on any atom is 0.268 e. The molecule has 0 aliphatic carbocycles. The van der Waals surface area contributed by atoms with Crippen molar-refractivity contribution in [2.24, 2.45) is 5.16 Å². The molecule has 6 nitrogen and oxygen atoms in total. The second-order valence-electron chi connectivity index (χ2n) is 5.32. The van der Waals surface area contributed by atoms with Crippen molar-refractivity contribution >= 4 is 33.2 Å². The van der Waals surface area contributed by atoms with Gasteiger partial charge in [-0.25, -0.2) is 0 Å². The second-order valence-corrected chi connectivity index (χ2v) is 6.24. The number of amides is 1. The molecule has 0 fully saturated rings. The number of aromatic nitrogens is 2. The number of benzene rings is 1. The number of carbonyl (C=O) groups is 1. The molecule has 1 unspecified atom stereocenters. The summed E-state index contributed by atoms with van der Waals surface area (Å²) in [7, 11) is 0. The van der Waals surface area contributed by atoms with E-state index < -0.39 is 6.10 Å². The molecule has 120 valence electrons. The zero-order valence-corrected chi connectivity index (χ0v) is 14.5. The molecule has 1 atom stereocenters. The molecule has 0 bridgehead atoms. The Morgan fingerprint density at radius 3 is 3.04 bits per heavy atom. The van der Waals surface area contributed by atoms with Gasteiger partial charge in [0.15, 0.2) is 0 Å². The fraction of sp³-hybridized carbons (Fsp3) is 0.312. The monoisotopic (exact) mass is 376 g/mol. The van der Waals surface area contributed by atoms with Crippen LogP contribution in [0.15, 0.2) is 40.1 Å². The van der Waals surface area contributed by atoms with Crippen molar-refractivity contribution < 1.29 is 9.63 Å². The van der Waals surface area contributed by atoms with Gasteiger partial charge in [0.25, 0.3) is 5.91 Å². The molecule has 1 amide bonds. The standard InChI is InChI=1S/C16H17BrN4O2/c1-3-21-9-14(10(2)19-21)18-16(22)15-8-13(20-23-15)11-5-4-6-12(17)7-11/h4-7,9,15H,3,8H2,1-2H3,(H,18,22). The van der Waals surface area contributed by atoms with Gasteiger partial charge in [0.05, 0.1) is 17.1 Å². The van der Waals surface area contributed by atoms with Crippen LogP contribution in [-0.2, 0) is 16.2 Å². The number of oxime groups is 1. The van der Waals surface area contributed by atoms with E-state index in [1.165, 1.54) is 0 Å². The summed E-state index contributed by atoms with van der Waals surface area (Å²) in [5.74, 6) is -0.211. The molecule has 1 aromatic heterocycles. The first-order valence-electron chi connectivity index (χ1n) is 7.40. The smallest absolute Gasteiger partial charge is 0.268 e. The number of nitrogens with zero attached hydrogens (tertiary/aromatic N) is 3. The van der Waals surface area contributed by atoms with E-state index in [0.717, 1.165) is 28.0 Å². The van der Waals surface area contributed by atoms with Gasteiger partial charge in [0.2, 0.25) is 6.10 Å². The Hall–Kier alpha value is -2.15. The average Bonchev–Trinajstić information content (AvgIpc) is 3.15. The zero-order valence-electron chi connectivity index (χ0n) is 12.9. The topological polar surface area (TPSA) is 68.5 Å². The van der Waals surface area contributed by atoms with E-state index in [4.69, 9.17) is 4.84 Å². The van der Waals surface area contributed by atoms with E-state index >= 15 is 0 Å². The maximum absolute atomic E-state index is 12.4. The van der Waals surface area contributed by atoms with Gasteiger partial charge < -0.3 is 10.2 Å². The molecule has 3 rings (SSSR count). The third-order valence-electron chi connectivity index (χ3n) is 3.65. The summed E-state index contributed by atoms with van der Waals surface area (Å²) in [4.78, 5) is 17.7. The van der Waals surface area contributed by atoms with Crippen LogP contribution in [0.1, 0.15) is 24.6 Å². The lowest BCUT2D eigenvalue weighted by Gasteiger charge is -2.08. The van der Waals surface area contributed by atoms with Gasteiger partial charge >= 0.3 is 0 Å². The predicted molar refractivity (Wildman–Crippen MR) is 91.4 cm³/mol. The van der Waals surface area contributed by atoms with Gasteiger partial charge in [0.1, 0.15) is 0 Å². The molecule has 7 heteroatoms. The summed E-state index contributed by atoms with van der Waals surface area (Å²) in [6.45, 7) is 4.61. The average molecular weight is 377 g/mol. The normalized spacial score (nSPS) is 16.8. The van der Waals surface area contributed by atoms with Crippen molar-refractivity contribution in [2.45, 2.75) is 32.9 Å². The Kier molecular flexibility index (Phi) is 4.47. The first-order chi connectivity index (χ1) is 11.1. The summed E-state index contributed by atoms with van der Waals surface area (Å²) in [5.41, 5.74) is 3.21. The third kappa shape index (κ3) is 3.44. The first-order valence-corrected chi connectivity index (χ1v) is 8.19. The summed E-state index contributed by atoms with van der Waals surface area (Å²) >= 11 is 3.43. The van der Waals surface area contributed by atoms with Crippen LogP contribution in [-0.4, -0.2) is 27.5 Å². The lowest BCUT2D eigenvalue weighted by Crippen LogP contribution is -2.28. The van der Waals surface area contributed by atoms with E-state index in [2.05, 4.69) is 31.5 Å². The van der Waals surface area contributed by atoms with Crippen LogP contribution in [0.4, 0.5) is 5.69 Å². The molecule has 0 spiro atoms. The molecular weight excluding hydrogens is 360 g/mol. The Balaban J connectivity index is 1.65. The molecule has 2 heterocycles. The van der Waals surface area contributed by atoms with Crippen molar-refractivity contribution in [3.05, 3.63) is 46.2 Å². The van der Waals surface area contributed by atoms with Crippen molar-refractivity contribution in [3.8, 4) is 0 Å². The summed E-state index contributed by atoms with van der Waals surface area (Å²) in [6.07, 6.45) is 1.65. The lowest BCUT2D eigenvalue weighted by molar-refractivity contribution is -0.125. The van der Waals surface area contributed by atoms with Crippen LogP contribution in [0.2, 0.25) is 0 Å². The molecule has 1 N–H and O–H groups in total. The maximum atomic E-state index is 12.4. The van der Waals surface area contributed by atoms with E-state index in [1.807, 2.05) is 44.3 Å². The van der Waals surface area contributed by atoms with Crippen LogP contribution in [0.5, 0.6) is 0 Å². The molecule has 0 radical (unpaired) electrons. The first kappa shape index (κ1) is 15.7. The quantitative estimate of drug-likeness (QED) is 0.890. The molecule has 1 aliphatic rings. The minimum Gasteiger partial charge on any atom is -0.382 e. The lowest BCUT2D eigenvalue weighted by atomic mass is 10.0. The molecule has 0 saturated heterocycles. The van der Waals surface area contributed by atoms with Crippen LogP contribution >= 0.6 is 15.9 Å². The summed E-state index contributed by atoms with van der Waals surface area (Å²) in [6, 6.07) is 7.77. The van der Waals surface area contributed by atoms with Gasteiger partial charge in [-0.2, -0.15) is 5.10 Å².